The zero-order valence-corrected chi connectivity index (χ0v) is 17.2. The Morgan fingerprint density at radius 1 is 1.13 bits per heavy atom. The second-order valence-corrected chi connectivity index (χ2v) is 7.35. The molecule has 0 amide bonds. The van der Waals surface area contributed by atoms with Crippen LogP contribution >= 0.6 is 0 Å². The summed E-state index contributed by atoms with van der Waals surface area (Å²) in [7, 11) is 1.64. The van der Waals surface area contributed by atoms with Crippen molar-refractivity contribution in [2.45, 2.75) is 19.3 Å². The van der Waals surface area contributed by atoms with E-state index in [1.807, 2.05) is 24.3 Å². The molecule has 4 rings (SSSR count). The lowest BCUT2D eigenvalue weighted by Gasteiger charge is -2.19. The fraction of sp³-hybridized carbons (Fsp3) is 0.208. The van der Waals surface area contributed by atoms with E-state index in [0.29, 0.717) is 10.9 Å². The normalized spacial score (nSPS) is 12.2. The quantitative estimate of drug-likeness (QED) is 0.485. The van der Waals surface area contributed by atoms with E-state index in [4.69, 9.17) is 4.74 Å². The summed E-state index contributed by atoms with van der Waals surface area (Å²) in [5.74, 6) is -1.78. The first kappa shape index (κ1) is 20.4. The number of ether oxygens (including phenoxy) is 1. The van der Waals surface area contributed by atoms with Gasteiger partial charge in [-0.2, -0.15) is 0 Å². The molecule has 1 unspecified atom stereocenters. The molecular formula is C24H22N2O5. The Hall–Kier alpha value is -3.87. The zero-order chi connectivity index (χ0) is 22.1. The van der Waals surface area contributed by atoms with Gasteiger partial charge < -0.3 is 19.4 Å². The molecule has 7 heteroatoms. The van der Waals surface area contributed by atoms with Crippen LogP contribution in [0.4, 0.5) is 0 Å². The average Bonchev–Trinajstić information content (AvgIpc) is 2.76. The molecule has 0 saturated carbocycles. The molecule has 2 N–H and O–H groups in total. The van der Waals surface area contributed by atoms with E-state index in [9.17, 15) is 19.5 Å². The fourth-order valence-electron chi connectivity index (χ4n) is 4.02. The Morgan fingerprint density at radius 2 is 1.84 bits per heavy atom. The van der Waals surface area contributed by atoms with Gasteiger partial charge in [-0.1, -0.05) is 30.3 Å². The average molecular weight is 418 g/mol. The second-order valence-electron chi connectivity index (χ2n) is 7.35. The van der Waals surface area contributed by atoms with Crippen LogP contribution < -0.4 is 11.1 Å². The first-order chi connectivity index (χ1) is 14.9. The number of aromatic amines is 1. The van der Waals surface area contributed by atoms with Crippen LogP contribution in [-0.4, -0.2) is 27.2 Å². The number of aryl methyl sites for hydroxylation is 1. The van der Waals surface area contributed by atoms with Gasteiger partial charge in [0, 0.05) is 23.9 Å². The second kappa shape index (κ2) is 8.10. The van der Waals surface area contributed by atoms with Crippen molar-refractivity contribution < 1.29 is 14.6 Å². The zero-order valence-electron chi connectivity index (χ0n) is 17.2. The molecule has 7 nitrogen and oxygen atoms in total. The third kappa shape index (κ3) is 3.59. The van der Waals surface area contributed by atoms with Gasteiger partial charge in [-0.15, -0.1) is 0 Å². The number of hydrogen-bond acceptors (Lipinski definition) is 5. The molecule has 0 fully saturated rings. The topological polar surface area (TPSA) is 101 Å². The van der Waals surface area contributed by atoms with E-state index in [-0.39, 0.29) is 35.5 Å². The number of para-hydroxylation sites is 2. The van der Waals surface area contributed by atoms with E-state index < -0.39 is 17.4 Å². The SMILES string of the molecule is CCOC(=O)CC(c1c(O)c2ccccc2[nH]c1=O)c1cc2ccccc2n(C)c1=O. The lowest BCUT2D eigenvalue weighted by molar-refractivity contribution is -0.143. The summed E-state index contributed by atoms with van der Waals surface area (Å²) in [6.07, 6.45) is -0.254. The third-order valence-electron chi connectivity index (χ3n) is 5.49. The van der Waals surface area contributed by atoms with Gasteiger partial charge >= 0.3 is 5.97 Å². The number of pyridine rings is 2. The highest BCUT2D eigenvalue weighted by Crippen LogP contribution is 2.35. The van der Waals surface area contributed by atoms with Crippen LogP contribution in [0, 0.1) is 0 Å². The number of hydrogen-bond donors (Lipinski definition) is 2. The number of nitrogens with one attached hydrogen (secondary N) is 1. The Bertz CT molecular complexity index is 1420. The maximum Gasteiger partial charge on any atom is 0.306 e. The van der Waals surface area contributed by atoms with Crippen molar-refractivity contribution in [3.05, 3.63) is 86.4 Å². The number of rotatable bonds is 5. The Labute approximate surface area is 177 Å². The molecule has 0 aliphatic rings. The molecule has 31 heavy (non-hydrogen) atoms. The highest BCUT2D eigenvalue weighted by molar-refractivity contribution is 5.87. The maximum atomic E-state index is 13.2. The predicted octanol–water partition coefficient (Wildman–Crippen LogP) is 3.17. The van der Waals surface area contributed by atoms with Crippen molar-refractivity contribution in [1.29, 1.82) is 0 Å². The van der Waals surface area contributed by atoms with Crippen LogP contribution in [0.1, 0.15) is 30.4 Å². The summed E-state index contributed by atoms with van der Waals surface area (Å²) < 4.78 is 6.58. The number of carbonyl (C=O) groups excluding carboxylic acids is 1. The van der Waals surface area contributed by atoms with E-state index in [1.54, 1.807) is 44.3 Å². The molecule has 0 radical (unpaired) electrons. The molecule has 1 atom stereocenters. The number of H-pyrrole nitrogens is 1. The third-order valence-corrected chi connectivity index (χ3v) is 5.49. The molecule has 2 aromatic heterocycles. The highest BCUT2D eigenvalue weighted by atomic mass is 16.5. The summed E-state index contributed by atoms with van der Waals surface area (Å²) in [6.45, 7) is 1.85. The molecule has 0 aliphatic carbocycles. The summed E-state index contributed by atoms with van der Waals surface area (Å²) in [4.78, 5) is 41.4. The molecule has 2 aromatic carbocycles. The molecule has 4 aromatic rings. The van der Waals surface area contributed by atoms with Crippen molar-refractivity contribution in [2.75, 3.05) is 6.61 Å². The summed E-state index contributed by atoms with van der Waals surface area (Å²) >= 11 is 0. The van der Waals surface area contributed by atoms with Crippen molar-refractivity contribution in [3.8, 4) is 5.75 Å². The minimum absolute atomic E-state index is 0.0286. The summed E-state index contributed by atoms with van der Waals surface area (Å²) in [6, 6.07) is 15.8. The maximum absolute atomic E-state index is 13.2. The van der Waals surface area contributed by atoms with Crippen molar-refractivity contribution in [3.63, 3.8) is 0 Å². The van der Waals surface area contributed by atoms with E-state index in [2.05, 4.69) is 4.98 Å². The summed E-state index contributed by atoms with van der Waals surface area (Å²) in [5.41, 5.74) is 0.503. The predicted molar refractivity (Wildman–Crippen MR) is 119 cm³/mol. The smallest absolute Gasteiger partial charge is 0.306 e. The van der Waals surface area contributed by atoms with Crippen molar-refractivity contribution >= 4 is 27.8 Å². The van der Waals surface area contributed by atoms with Crippen LogP contribution in [0.25, 0.3) is 21.8 Å². The number of nitrogens with zero attached hydrogens (tertiary/aromatic N) is 1. The van der Waals surface area contributed by atoms with Crippen LogP contribution in [0.3, 0.4) is 0 Å². The minimum atomic E-state index is -0.976. The van der Waals surface area contributed by atoms with Gasteiger partial charge in [0.25, 0.3) is 11.1 Å². The van der Waals surface area contributed by atoms with Gasteiger partial charge in [0.05, 0.1) is 29.6 Å². The minimum Gasteiger partial charge on any atom is -0.507 e. The molecule has 2 heterocycles. The monoisotopic (exact) mass is 418 g/mol. The van der Waals surface area contributed by atoms with Gasteiger partial charge in [-0.3, -0.25) is 14.4 Å². The Balaban J connectivity index is 2.02. The lowest BCUT2D eigenvalue weighted by atomic mass is 9.87. The molecule has 158 valence electrons. The number of esters is 1. The molecule has 0 bridgehead atoms. The first-order valence-electron chi connectivity index (χ1n) is 10.0. The van der Waals surface area contributed by atoms with E-state index in [0.717, 1.165) is 10.9 Å². The largest absolute Gasteiger partial charge is 0.507 e. The number of benzene rings is 2. The van der Waals surface area contributed by atoms with Gasteiger partial charge in [0.1, 0.15) is 5.75 Å². The van der Waals surface area contributed by atoms with Crippen molar-refractivity contribution in [1.82, 2.24) is 9.55 Å². The number of aromatic hydroxyl groups is 1. The van der Waals surface area contributed by atoms with Crippen LogP contribution in [-0.2, 0) is 16.6 Å². The first-order valence-corrected chi connectivity index (χ1v) is 10.0. The molecule has 0 aliphatic heterocycles. The van der Waals surface area contributed by atoms with E-state index in [1.165, 1.54) is 4.57 Å². The number of carbonyl (C=O) groups is 1. The standard InChI is InChI=1S/C24H22N2O5/c1-3-31-20(27)13-16(17-12-14-8-4-7-11-19(14)26(2)24(17)30)21-22(28)15-9-5-6-10-18(15)25-23(21)29/h4-12,16H,3,13H2,1-2H3,(H2,25,28,29). The number of fused-ring (bicyclic) bond motifs is 2. The van der Waals surface area contributed by atoms with Gasteiger partial charge in [-0.05, 0) is 36.6 Å². The Morgan fingerprint density at radius 3 is 2.61 bits per heavy atom. The Kier molecular flexibility index (Phi) is 5.33. The van der Waals surface area contributed by atoms with Gasteiger partial charge in [0.2, 0.25) is 0 Å². The van der Waals surface area contributed by atoms with Crippen LogP contribution in [0.5, 0.6) is 5.75 Å². The molecule has 0 spiro atoms. The summed E-state index contributed by atoms with van der Waals surface area (Å²) in [5, 5.41) is 12.2. The molecule has 0 saturated heterocycles. The fourth-order valence-corrected chi connectivity index (χ4v) is 4.02. The molecular weight excluding hydrogens is 396 g/mol. The lowest BCUT2D eigenvalue weighted by Crippen LogP contribution is -2.28. The van der Waals surface area contributed by atoms with Gasteiger partial charge in [0.15, 0.2) is 0 Å². The number of aromatic nitrogens is 2. The van der Waals surface area contributed by atoms with Gasteiger partial charge in [-0.25, -0.2) is 0 Å². The van der Waals surface area contributed by atoms with Crippen molar-refractivity contribution in [2.24, 2.45) is 7.05 Å². The van der Waals surface area contributed by atoms with E-state index >= 15 is 0 Å². The van der Waals surface area contributed by atoms with Crippen LogP contribution in [0.2, 0.25) is 0 Å². The highest BCUT2D eigenvalue weighted by Gasteiger charge is 2.29. The van der Waals surface area contributed by atoms with Crippen LogP contribution in [0.15, 0.2) is 64.2 Å².